The number of esters is 1. The molecule has 1 amide bonds. The van der Waals surface area contributed by atoms with Crippen LogP contribution >= 0.6 is 0 Å². The van der Waals surface area contributed by atoms with Crippen LogP contribution < -0.4 is 5.32 Å². The minimum Gasteiger partial charge on any atom is -0.466 e. The average Bonchev–Trinajstić information content (AvgIpc) is 3.46. The van der Waals surface area contributed by atoms with E-state index in [2.05, 4.69) is 79.9 Å². The van der Waals surface area contributed by atoms with Gasteiger partial charge in [0.05, 0.1) is 32.0 Å². The Bertz CT molecular complexity index is 1580. The number of amides is 1. The molecule has 11 nitrogen and oxygen atoms in total. The number of hydrogen-bond donors (Lipinski definition) is 6. The Morgan fingerprint density at radius 1 is 0.457 bits per heavy atom. The molecule has 0 bridgehead atoms. The van der Waals surface area contributed by atoms with Crippen LogP contribution in [0.25, 0.3) is 0 Å². The SMILES string of the molecule is CCCC/C=C/CC/C=C/CC/C=C/C(O)C(COC1OC(CO)C(O)C(O)C1O)NC(=O)CCCCCCCCCCCCCCC/C=C\C/C=C\CCCCCCCCCCCOC(=O)CCCCCCC/C=C\CCCCC. The lowest BCUT2D eigenvalue weighted by molar-refractivity contribution is -0.302. The summed E-state index contributed by atoms with van der Waals surface area (Å²) in [5, 5.41) is 54.4. The largest absolute Gasteiger partial charge is 0.466 e. The van der Waals surface area contributed by atoms with Gasteiger partial charge < -0.3 is 45.1 Å². The molecule has 11 heteroatoms. The predicted molar refractivity (Wildman–Crippen MR) is 338 cm³/mol. The number of hydrogen-bond acceptors (Lipinski definition) is 10. The summed E-state index contributed by atoms with van der Waals surface area (Å²) in [7, 11) is 0. The van der Waals surface area contributed by atoms with Gasteiger partial charge in [-0.3, -0.25) is 9.59 Å². The van der Waals surface area contributed by atoms with E-state index in [-0.39, 0.29) is 18.5 Å². The van der Waals surface area contributed by atoms with E-state index in [0.717, 1.165) is 77.0 Å². The number of allylic oxidation sites excluding steroid dienone is 11. The molecule has 1 aliphatic rings. The second kappa shape index (κ2) is 58.9. The number of aliphatic hydroxyl groups excluding tert-OH is 5. The zero-order valence-electron chi connectivity index (χ0n) is 52.0. The second-order valence-corrected chi connectivity index (χ2v) is 23.1. The van der Waals surface area contributed by atoms with Crippen LogP contribution in [0, 0.1) is 0 Å². The Hall–Kier alpha value is -2.90. The van der Waals surface area contributed by atoms with Gasteiger partial charge >= 0.3 is 5.97 Å². The summed E-state index contributed by atoms with van der Waals surface area (Å²) in [5.41, 5.74) is 0. The summed E-state index contributed by atoms with van der Waals surface area (Å²) in [5.74, 6) is -0.207. The third-order valence-corrected chi connectivity index (χ3v) is 15.5. The summed E-state index contributed by atoms with van der Waals surface area (Å²) >= 11 is 0. The Kier molecular flexibility index (Phi) is 55.3. The minimum absolute atomic E-state index is 0.00797. The normalized spacial score (nSPS) is 18.7. The van der Waals surface area contributed by atoms with Gasteiger partial charge in [0.2, 0.25) is 5.91 Å². The third kappa shape index (κ3) is 48.1. The maximum absolute atomic E-state index is 13.0. The molecule has 0 aliphatic carbocycles. The van der Waals surface area contributed by atoms with E-state index in [1.807, 2.05) is 6.08 Å². The van der Waals surface area contributed by atoms with E-state index in [1.165, 1.54) is 193 Å². The molecule has 1 saturated heterocycles. The quantitative estimate of drug-likeness (QED) is 0.0195. The van der Waals surface area contributed by atoms with Crippen molar-refractivity contribution in [1.82, 2.24) is 5.32 Å². The van der Waals surface area contributed by atoms with Gasteiger partial charge in [0.25, 0.3) is 0 Å². The summed E-state index contributed by atoms with van der Waals surface area (Å²) in [6.07, 6.45) is 68.8. The van der Waals surface area contributed by atoms with Crippen molar-refractivity contribution in [3.05, 3.63) is 72.9 Å². The van der Waals surface area contributed by atoms with Crippen molar-refractivity contribution in [1.29, 1.82) is 0 Å². The summed E-state index contributed by atoms with van der Waals surface area (Å²) < 4.78 is 16.7. The van der Waals surface area contributed by atoms with Gasteiger partial charge in [-0.05, 0) is 109 Å². The molecule has 0 aromatic heterocycles. The Balaban J connectivity index is 2.01. The zero-order valence-corrected chi connectivity index (χ0v) is 52.0. The Labute approximate surface area is 496 Å². The first-order valence-electron chi connectivity index (χ1n) is 33.7. The Morgan fingerprint density at radius 2 is 0.852 bits per heavy atom. The number of aliphatic hydroxyl groups is 5. The number of unbranched alkanes of at least 4 members (excludes halogenated alkanes) is 34. The highest BCUT2D eigenvalue weighted by molar-refractivity contribution is 5.76. The average molecular weight is 1140 g/mol. The van der Waals surface area contributed by atoms with Crippen LogP contribution in [0.1, 0.15) is 296 Å². The summed E-state index contributed by atoms with van der Waals surface area (Å²) in [6.45, 7) is 4.25. The molecular formula is C70H125NO10. The fraction of sp³-hybridized carbons (Fsp3) is 0.800. The molecule has 470 valence electrons. The first kappa shape index (κ1) is 76.1. The van der Waals surface area contributed by atoms with E-state index < -0.39 is 49.5 Å². The first-order chi connectivity index (χ1) is 39.7. The van der Waals surface area contributed by atoms with Gasteiger partial charge in [-0.2, -0.15) is 0 Å². The van der Waals surface area contributed by atoms with Crippen molar-refractivity contribution in [2.24, 2.45) is 0 Å². The van der Waals surface area contributed by atoms with Crippen molar-refractivity contribution in [2.45, 2.75) is 339 Å². The van der Waals surface area contributed by atoms with E-state index in [0.29, 0.717) is 19.4 Å². The second-order valence-electron chi connectivity index (χ2n) is 23.1. The van der Waals surface area contributed by atoms with Gasteiger partial charge in [0.1, 0.15) is 24.4 Å². The fourth-order valence-corrected chi connectivity index (χ4v) is 10.1. The van der Waals surface area contributed by atoms with Crippen molar-refractivity contribution in [3.8, 4) is 0 Å². The monoisotopic (exact) mass is 1140 g/mol. The van der Waals surface area contributed by atoms with Crippen molar-refractivity contribution < 1.29 is 49.3 Å². The topological polar surface area (TPSA) is 175 Å². The van der Waals surface area contributed by atoms with Gasteiger partial charge in [-0.15, -0.1) is 0 Å². The highest BCUT2D eigenvalue weighted by Gasteiger charge is 2.44. The van der Waals surface area contributed by atoms with Gasteiger partial charge in [-0.1, -0.05) is 247 Å². The molecule has 0 aromatic carbocycles. The number of carbonyl (C=O) groups excluding carboxylic acids is 2. The van der Waals surface area contributed by atoms with Crippen LogP contribution in [0.3, 0.4) is 0 Å². The summed E-state index contributed by atoms with van der Waals surface area (Å²) in [4.78, 5) is 25.1. The Morgan fingerprint density at radius 3 is 1.33 bits per heavy atom. The lowest BCUT2D eigenvalue weighted by atomic mass is 9.99. The minimum atomic E-state index is -1.58. The number of nitrogens with one attached hydrogen (secondary N) is 1. The molecule has 7 atom stereocenters. The number of rotatable bonds is 58. The predicted octanol–water partition coefficient (Wildman–Crippen LogP) is 16.7. The van der Waals surface area contributed by atoms with Crippen molar-refractivity contribution in [3.63, 3.8) is 0 Å². The molecule has 7 unspecified atom stereocenters. The van der Waals surface area contributed by atoms with Gasteiger partial charge in [0, 0.05) is 12.8 Å². The van der Waals surface area contributed by atoms with Crippen LogP contribution in [0.2, 0.25) is 0 Å². The summed E-state index contributed by atoms with van der Waals surface area (Å²) in [6, 6.07) is -0.837. The molecule has 1 rings (SSSR count). The van der Waals surface area contributed by atoms with Crippen LogP contribution in [-0.4, -0.2) is 100 Å². The molecule has 1 aliphatic heterocycles. The van der Waals surface area contributed by atoms with Gasteiger partial charge in [-0.25, -0.2) is 0 Å². The molecule has 1 heterocycles. The van der Waals surface area contributed by atoms with Crippen LogP contribution in [0.5, 0.6) is 0 Å². The molecule has 0 saturated carbocycles. The first-order valence-corrected chi connectivity index (χ1v) is 33.7. The van der Waals surface area contributed by atoms with Crippen LogP contribution in [0.4, 0.5) is 0 Å². The molecule has 0 radical (unpaired) electrons. The lowest BCUT2D eigenvalue weighted by Crippen LogP contribution is -2.60. The number of carbonyl (C=O) groups is 2. The van der Waals surface area contributed by atoms with Crippen molar-refractivity contribution in [2.75, 3.05) is 19.8 Å². The van der Waals surface area contributed by atoms with Crippen molar-refractivity contribution >= 4 is 11.9 Å². The molecule has 0 spiro atoms. The molecule has 0 aromatic rings. The van der Waals surface area contributed by atoms with E-state index in [1.54, 1.807) is 6.08 Å². The number of ether oxygens (including phenoxy) is 3. The third-order valence-electron chi connectivity index (χ3n) is 15.5. The standard InChI is InChI=1S/C70H125NO10/c1-3-5-7-9-11-13-15-36-40-44-48-52-56-63(73)62(61-80-70-69(78)68(77)67(76)64(60-72)81-70)71-65(74)57-53-49-45-41-37-34-32-30-28-26-24-22-20-18-17-19-21-23-25-27-29-31-33-35-39-43-47-51-55-59-79-66(75)58-54-50-46-42-38-16-14-12-10-8-6-4-2/h9,11-12,14,17,19,23,25,36,40,52,56,62-64,67-70,72-73,76-78H,3-8,10,13,15-16,18,20-22,24,26-35,37-39,41-51,53-55,57-61H2,1-2H3,(H,71,74)/b11-9+,14-12-,19-17-,25-23-,40-36+,56-52+. The zero-order chi connectivity index (χ0) is 58.7. The maximum Gasteiger partial charge on any atom is 0.305 e. The van der Waals surface area contributed by atoms with Crippen LogP contribution in [-0.2, 0) is 23.8 Å². The van der Waals surface area contributed by atoms with Gasteiger partial charge in [0.15, 0.2) is 6.29 Å². The lowest BCUT2D eigenvalue weighted by Gasteiger charge is -2.40. The molecule has 1 fully saturated rings. The highest BCUT2D eigenvalue weighted by atomic mass is 16.7. The van der Waals surface area contributed by atoms with E-state index >= 15 is 0 Å². The fourth-order valence-electron chi connectivity index (χ4n) is 10.1. The van der Waals surface area contributed by atoms with Crippen LogP contribution in [0.15, 0.2) is 72.9 Å². The van der Waals surface area contributed by atoms with E-state index in [9.17, 15) is 35.1 Å². The maximum atomic E-state index is 13.0. The highest BCUT2D eigenvalue weighted by Crippen LogP contribution is 2.23. The molecular weight excluding hydrogens is 1010 g/mol. The smallest absolute Gasteiger partial charge is 0.305 e. The molecule has 6 N–H and O–H groups in total. The van der Waals surface area contributed by atoms with E-state index in [4.69, 9.17) is 14.2 Å². The molecule has 81 heavy (non-hydrogen) atoms.